The van der Waals surface area contributed by atoms with E-state index in [-0.39, 0.29) is 5.75 Å². The third kappa shape index (κ3) is 4.51. The van der Waals surface area contributed by atoms with Gasteiger partial charge in [-0.2, -0.15) is 11.8 Å². The molecule has 0 atom stereocenters. The van der Waals surface area contributed by atoms with Crippen molar-refractivity contribution in [2.75, 3.05) is 36.9 Å². The second-order valence-electron chi connectivity index (χ2n) is 4.73. The lowest BCUT2D eigenvalue weighted by Crippen LogP contribution is -2.41. The number of sulfonamides is 1. The third-order valence-electron chi connectivity index (χ3n) is 3.27. The van der Waals surface area contributed by atoms with Crippen LogP contribution >= 0.6 is 11.8 Å². The van der Waals surface area contributed by atoms with E-state index >= 15 is 0 Å². The van der Waals surface area contributed by atoms with Crippen molar-refractivity contribution in [3.05, 3.63) is 23.7 Å². The molecular formula is C13H22N2O3S2. The Balaban J connectivity index is 1.71. The summed E-state index contributed by atoms with van der Waals surface area (Å²) in [6.07, 6.45) is 0.876. The normalized spacial score (nSPS) is 17.4. The minimum Gasteiger partial charge on any atom is -0.465 e. The molecule has 0 spiro atoms. The molecule has 1 aromatic rings. The average molecular weight is 318 g/mol. The number of hydrogen-bond acceptors (Lipinski definition) is 5. The van der Waals surface area contributed by atoms with Crippen molar-refractivity contribution in [1.82, 2.24) is 9.62 Å². The van der Waals surface area contributed by atoms with Crippen molar-refractivity contribution in [2.45, 2.75) is 19.9 Å². The molecule has 1 fully saturated rings. The van der Waals surface area contributed by atoms with Crippen LogP contribution in [-0.2, 0) is 23.0 Å². The summed E-state index contributed by atoms with van der Waals surface area (Å²) in [5, 5.41) is 3.13. The molecule has 1 saturated heterocycles. The van der Waals surface area contributed by atoms with E-state index in [1.54, 1.807) is 4.31 Å². The van der Waals surface area contributed by atoms with Gasteiger partial charge in [0.1, 0.15) is 11.5 Å². The largest absolute Gasteiger partial charge is 0.465 e. The van der Waals surface area contributed by atoms with Gasteiger partial charge in [0.25, 0.3) is 0 Å². The lowest BCUT2D eigenvalue weighted by molar-refractivity contribution is 0.437. The second kappa shape index (κ2) is 7.49. The first kappa shape index (κ1) is 15.9. The van der Waals surface area contributed by atoms with Crippen LogP contribution in [0.3, 0.4) is 0 Å². The van der Waals surface area contributed by atoms with E-state index in [4.69, 9.17) is 4.42 Å². The molecule has 1 aliphatic rings. The zero-order chi connectivity index (χ0) is 14.4. The predicted octanol–water partition coefficient (Wildman–Crippen LogP) is 1.31. The predicted molar refractivity (Wildman–Crippen MR) is 82.5 cm³/mol. The van der Waals surface area contributed by atoms with Gasteiger partial charge in [-0.15, -0.1) is 0 Å². The van der Waals surface area contributed by atoms with Gasteiger partial charge in [0, 0.05) is 37.6 Å². The van der Waals surface area contributed by atoms with Gasteiger partial charge in [-0.1, -0.05) is 6.92 Å². The standard InChI is InChI=1S/C13H22N2O3S2/c1-2-12-3-4-13(18-12)11-14-5-10-20(16,17)15-6-8-19-9-7-15/h3-4,14H,2,5-11H2,1H3. The van der Waals surface area contributed by atoms with E-state index in [2.05, 4.69) is 5.32 Å². The summed E-state index contributed by atoms with van der Waals surface area (Å²) in [4.78, 5) is 0. The van der Waals surface area contributed by atoms with Gasteiger partial charge in [0.2, 0.25) is 10.0 Å². The van der Waals surface area contributed by atoms with Gasteiger partial charge in [-0.25, -0.2) is 12.7 Å². The lowest BCUT2D eigenvalue weighted by Gasteiger charge is -2.25. The smallest absolute Gasteiger partial charge is 0.215 e. The highest BCUT2D eigenvalue weighted by Crippen LogP contribution is 2.13. The van der Waals surface area contributed by atoms with Crippen LogP contribution in [0.25, 0.3) is 0 Å². The molecule has 0 unspecified atom stereocenters. The minimum absolute atomic E-state index is 0.152. The number of hydrogen-bond donors (Lipinski definition) is 1. The van der Waals surface area contributed by atoms with Crippen molar-refractivity contribution >= 4 is 21.8 Å². The highest BCUT2D eigenvalue weighted by Gasteiger charge is 2.23. The Labute approximate surface area is 125 Å². The summed E-state index contributed by atoms with van der Waals surface area (Å²) in [5.74, 6) is 3.77. The summed E-state index contributed by atoms with van der Waals surface area (Å²) in [7, 11) is -3.11. The maximum atomic E-state index is 12.1. The van der Waals surface area contributed by atoms with E-state index in [1.165, 1.54) is 0 Å². The maximum absolute atomic E-state index is 12.1. The number of nitrogens with one attached hydrogen (secondary N) is 1. The summed E-state index contributed by atoms with van der Waals surface area (Å²) >= 11 is 1.81. The highest BCUT2D eigenvalue weighted by molar-refractivity contribution is 7.99. The molecule has 0 saturated carbocycles. The Morgan fingerprint density at radius 2 is 2.00 bits per heavy atom. The van der Waals surface area contributed by atoms with Crippen LogP contribution in [0.2, 0.25) is 0 Å². The van der Waals surface area contributed by atoms with Crippen molar-refractivity contribution in [1.29, 1.82) is 0 Å². The molecule has 2 rings (SSSR count). The molecule has 1 N–H and O–H groups in total. The van der Waals surface area contributed by atoms with Gasteiger partial charge in [-0.05, 0) is 12.1 Å². The molecule has 1 aromatic heterocycles. The van der Waals surface area contributed by atoms with Gasteiger partial charge in [0.15, 0.2) is 0 Å². The average Bonchev–Trinajstić information content (AvgIpc) is 2.93. The maximum Gasteiger partial charge on any atom is 0.215 e. The number of furan rings is 1. The van der Waals surface area contributed by atoms with Crippen LogP contribution in [0.1, 0.15) is 18.4 Å². The quantitative estimate of drug-likeness (QED) is 0.768. The molecule has 2 heterocycles. The first-order valence-corrected chi connectivity index (χ1v) is 9.72. The molecule has 0 aliphatic carbocycles. The number of thioether (sulfide) groups is 1. The van der Waals surface area contributed by atoms with Gasteiger partial charge in [-0.3, -0.25) is 0 Å². The molecule has 0 radical (unpaired) electrons. The van der Waals surface area contributed by atoms with Crippen molar-refractivity contribution < 1.29 is 12.8 Å². The lowest BCUT2D eigenvalue weighted by atomic mass is 10.3. The van der Waals surface area contributed by atoms with E-state index in [0.29, 0.717) is 26.2 Å². The molecule has 5 nitrogen and oxygen atoms in total. The fraction of sp³-hybridized carbons (Fsp3) is 0.692. The van der Waals surface area contributed by atoms with E-state index in [9.17, 15) is 8.42 Å². The zero-order valence-corrected chi connectivity index (χ0v) is 13.4. The number of nitrogens with zero attached hydrogens (tertiary/aromatic N) is 1. The molecular weight excluding hydrogens is 296 g/mol. The van der Waals surface area contributed by atoms with Crippen molar-refractivity contribution in [3.8, 4) is 0 Å². The van der Waals surface area contributed by atoms with Crippen LogP contribution in [0.4, 0.5) is 0 Å². The van der Waals surface area contributed by atoms with E-state index in [1.807, 2.05) is 30.8 Å². The fourth-order valence-corrected chi connectivity index (χ4v) is 4.61. The molecule has 0 amide bonds. The van der Waals surface area contributed by atoms with Crippen LogP contribution in [0, 0.1) is 0 Å². The third-order valence-corrected chi connectivity index (χ3v) is 6.08. The van der Waals surface area contributed by atoms with Crippen LogP contribution in [0.5, 0.6) is 0 Å². The summed E-state index contributed by atoms with van der Waals surface area (Å²) in [5.41, 5.74) is 0. The van der Waals surface area contributed by atoms with E-state index < -0.39 is 10.0 Å². The molecule has 0 aromatic carbocycles. The van der Waals surface area contributed by atoms with Crippen LogP contribution in [-0.4, -0.2) is 49.6 Å². The molecule has 114 valence electrons. The molecule has 1 aliphatic heterocycles. The summed E-state index contributed by atoms with van der Waals surface area (Å²) in [6.45, 7) is 4.36. The SMILES string of the molecule is CCc1ccc(CNCCS(=O)(=O)N2CCSCC2)o1. The van der Waals surface area contributed by atoms with Crippen molar-refractivity contribution in [2.24, 2.45) is 0 Å². The van der Waals surface area contributed by atoms with Gasteiger partial charge < -0.3 is 9.73 Å². The number of aryl methyl sites for hydroxylation is 1. The monoisotopic (exact) mass is 318 g/mol. The Hall–Kier alpha value is -0.500. The summed E-state index contributed by atoms with van der Waals surface area (Å²) < 4.78 is 31.4. The van der Waals surface area contributed by atoms with Gasteiger partial charge >= 0.3 is 0 Å². The highest BCUT2D eigenvalue weighted by atomic mass is 32.2. The van der Waals surface area contributed by atoms with E-state index in [0.717, 1.165) is 29.4 Å². The van der Waals surface area contributed by atoms with Crippen LogP contribution in [0.15, 0.2) is 16.5 Å². The van der Waals surface area contributed by atoms with Crippen LogP contribution < -0.4 is 5.32 Å². The summed E-state index contributed by atoms with van der Waals surface area (Å²) in [6, 6.07) is 3.89. The Kier molecular flexibility index (Phi) is 5.95. The topological polar surface area (TPSA) is 62.6 Å². The minimum atomic E-state index is -3.11. The zero-order valence-electron chi connectivity index (χ0n) is 11.8. The van der Waals surface area contributed by atoms with Gasteiger partial charge in [0.05, 0.1) is 12.3 Å². The first-order valence-electron chi connectivity index (χ1n) is 6.95. The Bertz CT molecular complexity index is 507. The molecule has 7 heteroatoms. The Morgan fingerprint density at radius 1 is 1.30 bits per heavy atom. The number of rotatable bonds is 7. The molecule has 0 bridgehead atoms. The molecule has 20 heavy (non-hydrogen) atoms. The fourth-order valence-electron chi connectivity index (χ4n) is 2.07. The second-order valence-corrected chi connectivity index (χ2v) is 8.04. The van der Waals surface area contributed by atoms with Crippen molar-refractivity contribution in [3.63, 3.8) is 0 Å². The first-order chi connectivity index (χ1) is 9.62. The Morgan fingerprint density at radius 3 is 2.65 bits per heavy atom.